The minimum atomic E-state index is 0.544. The van der Waals surface area contributed by atoms with Gasteiger partial charge in [0.1, 0.15) is 5.82 Å². The zero-order valence-corrected chi connectivity index (χ0v) is 11.7. The molecule has 0 radical (unpaired) electrons. The van der Waals surface area contributed by atoms with Crippen molar-refractivity contribution in [1.82, 2.24) is 4.98 Å². The lowest BCUT2D eigenvalue weighted by molar-refractivity contribution is 0.422. The van der Waals surface area contributed by atoms with E-state index in [1.54, 1.807) is 0 Å². The molecule has 0 aromatic carbocycles. The molecule has 1 aromatic heterocycles. The molecule has 2 rings (SSSR count). The quantitative estimate of drug-likeness (QED) is 0.764. The first-order valence-corrected chi connectivity index (χ1v) is 6.91. The number of nitrogens with zero attached hydrogens (tertiary/aromatic N) is 2. The average molecular weight is 253 g/mol. The van der Waals surface area contributed by atoms with Gasteiger partial charge in [-0.1, -0.05) is 13.8 Å². The molecule has 1 atom stereocenters. The van der Waals surface area contributed by atoms with Crippen LogP contribution in [0, 0.1) is 18.8 Å². The summed E-state index contributed by atoms with van der Waals surface area (Å²) in [5.74, 6) is 3.26. The molecule has 0 spiro atoms. The first kappa shape index (κ1) is 12.7. The van der Waals surface area contributed by atoms with Crippen molar-refractivity contribution in [3.05, 3.63) is 23.4 Å². The fourth-order valence-electron chi connectivity index (χ4n) is 2.55. The molecule has 1 aliphatic rings. The van der Waals surface area contributed by atoms with Gasteiger partial charge in [-0.2, -0.15) is 0 Å². The number of aryl methyl sites for hydroxylation is 1. The van der Waals surface area contributed by atoms with Crippen LogP contribution < -0.4 is 4.90 Å². The van der Waals surface area contributed by atoms with E-state index in [0.29, 0.717) is 5.88 Å². The molecule has 2 nitrogen and oxygen atoms in total. The van der Waals surface area contributed by atoms with Gasteiger partial charge in [0.05, 0.1) is 0 Å². The number of hydrogen-bond donors (Lipinski definition) is 0. The topological polar surface area (TPSA) is 16.1 Å². The number of hydrogen-bond acceptors (Lipinski definition) is 2. The minimum Gasteiger partial charge on any atom is -0.356 e. The lowest BCUT2D eigenvalue weighted by Gasteiger charge is -2.21. The fourth-order valence-corrected chi connectivity index (χ4v) is 2.70. The van der Waals surface area contributed by atoms with E-state index < -0.39 is 0 Å². The normalized spacial score (nSPS) is 20.3. The van der Waals surface area contributed by atoms with Crippen LogP contribution >= 0.6 is 11.6 Å². The molecule has 3 heteroatoms. The summed E-state index contributed by atoms with van der Waals surface area (Å²) in [7, 11) is 0. The second-order valence-corrected chi connectivity index (χ2v) is 5.62. The lowest BCUT2D eigenvalue weighted by atomic mass is 9.95. The molecule has 2 heterocycles. The van der Waals surface area contributed by atoms with Crippen molar-refractivity contribution in [3.8, 4) is 0 Å². The second-order valence-electron chi connectivity index (χ2n) is 5.36. The maximum absolute atomic E-state index is 5.82. The Kier molecular flexibility index (Phi) is 3.93. The van der Waals surface area contributed by atoms with Crippen molar-refractivity contribution < 1.29 is 0 Å². The Labute approximate surface area is 109 Å². The average Bonchev–Trinajstić information content (AvgIpc) is 2.78. The zero-order chi connectivity index (χ0) is 12.4. The highest BCUT2D eigenvalue weighted by atomic mass is 35.5. The van der Waals surface area contributed by atoms with E-state index in [-0.39, 0.29) is 0 Å². The van der Waals surface area contributed by atoms with E-state index in [0.717, 1.165) is 36.3 Å². The Bertz CT molecular complexity index is 390. The van der Waals surface area contributed by atoms with Crippen LogP contribution in [0.25, 0.3) is 0 Å². The maximum Gasteiger partial charge on any atom is 0.131 e. The third-order valence-corrected chi connectivity index (χ3v) is 4.04. The molecule has 1 aromatic rings. The number of aromatic nitrogens is 1. The molecule has 94 valence electrons. The van der Waals surface area contributed by atoms with Crippen LogP contribution in [-0.4, -0.2) is 18.1 Å². The third-order valence-electron chi connectivity index (χ3n) is 3.73. The molecule has 1 unspecified atom stereocenters. The molecule has 0 saturated carbocycles. The Morgan fingerprint density at radius 3 is 2.82 bits per heavy atom. The number of rotatable bonds is 3. The fraction of sp³-hybridized carbons (Fsp3) is 0.643. The van der Waals surface area contributed by atoms with E-state index in [9.17, 15) is 0 Å². The minimum absolute atomic E-state index is 0.544. The highest BCUT2D eigenvalue weighted by Crippen LogP contribution is 2.29. The van der Waals surface area contributed by atoms with Crippen LogP contribution in [0.1, 0.15) is 31.4 Å². The smallest absolute Gasteiger partial charge is 0.131 e. The van der Waals surface area contributed by atoms with Gasteiger partial charge in [0.2, 0.25) is 0 Å². The number of halogens is 1. The van der Waals surface area contributed by atoms with Crippen molar-refractivity contribution in [3.63, 3.8) is 0 Å². The van der Waals surface area contributed by atoms with E-state index >= 15 is 0 Å². The molecule has 0 bridgehead atoms. The van der Waals surface area contributed by atoms with Crippen LogP contribution in [0.3, 0.4) is 0 Å². The Morgan fingerprint density at radius 1 is 1.53 bits per heavy atom. The van der Waals surface area contributed by atoms with E-state index in [4.69, 9.17) is 11.6 Å². The van der Waals surface area contributed by atoms with Crippen LogP contribution in [0.5, 0.6) is 0 Å². The van der Waals surface area contributed by atoms with Gasteiger partial charge in [0, 0.05) is 25.2 Å². The summed E-state index contributed by atoms with van der Waals surface area (Å²) in [5, 5.41) is 0. The van der Waals surface area contributed by atoms with Crippen LogP contribution in [0.2, 0.25) is 0 Å². The number of pyridine rings is 1. The van der Waals surface area contributed by atoms with Crippen molar-refractivity contribution in [2.24, 2.45) is 11.8 Å². The largest absolute Gasteiger partial charge is 0.356 e. The van der Waals surface area contributed by atoms with Gasteiger partial charge in [-0.25, -0.2) is 4.98 Å². The van der Waals surface area contributed by atoms with Gasteiger partial charge in [0.15, 0.2) is 0 Å². The second kappa shape index (κ2) is 5.26. The SMILES string of the molecule is Cc1cc(CCl)cnc1N1CCC(C(C)C)C1. The van der Waals surface area contributed by atoms with E-state index in [2.05, 4.69) is 36.7 Å². The summed E-state index contributed by atoms with van der Waals surface area (Å²) in [6.07, 6.45) is 3.19. The molecule has 1 aliphatic heterocycles. The van der Waals surface area contributed by atoms with Crippen molar-refractivity contribution in [2.75, 3.05) is 18.0 Å². The zero-order valence-electron chi connectivity index (χ0n) is 10.9. The molecular formula is C14H21ClN2. The lowest BCUT2D eigenvalue weighted by Crippen LogP contribution is -2.23. The summed E-state index contributed by atoms with van der Waals surface area (Å²) in [6, 6.07) is 2.15. The first-order valence-electron chi connectivity index (χ1n) is 6.38. The van der Waals surface area contributed by atoms with Crippen LogP contribution in [-0.2, 0) is 5.88 Å². The summed E-state index contributed by atoms with van der Waals surface area (Å²) in [5.41, 5.74) is 2.35. The first-order chi connectivity index (χ1) is 8.11. The number of anilines is 1. The predicted molar refractivity (Wildman–Crippen MR) is 73.7 cm³/mol. The Balaban J connectivity index is 2.13. The van der Waals surface area contributed by atoms with Gasteiger partial charge in [-0.05, 0) is 42.4 Å². The molecule has 0 amide bonds. The highest BCUT2D eigenvalue weighted by Gasteiger charge is 2.26. The Hall–Kier alpha value is -0.760. The Morgan fingerprint density at radius 2 is 2.29 bits per heavy atom. The molecule has 0 aliphatic carbocycles. The molecule has 0 N–H and O–H groups in total. The van der Waals surface area contributed by atoms with E-state index in [1.165, 1.54) is 12.0 Å². The summed E-state index contributed by atoms with van der Waals surface area (Å²) in [4.78, 5) is 6.98. The van der Waals surface area contributed by atoms with Crippen LogP contribution in [0.15, 0.2) is 12.3 Å². The van der Waals surface area contributed by atoms with Gasteiger partial charge < -0.3 is 4.90 Å². The van der Waals surface area contributed by atoms with Crippen LogP contribution in [0.4, 0.5) is 5.82 Å². The molecule has 17 heavy (non-hydrogen) atoms. The molecule has 1 saturated heterocycles. The van der Waals surface area contributed by atoms with Crippen molar-refractivity contribution >= 4 is 17.4 Å². The monoisotopic (exact) mass is 252 g/mol. The maximum atomic E-state index is 5.82. The van der Waals surface area contributed by atoms with E-state index in [1.807, 2.05) is 6.20 Å². The van der Waals surface area contributed by atoms with Crippen molar-refractivity contribution in [1.29, 1.82) is 0 Å². The van der Waals surface area contributed by atoms with Gasteiger partial charge >= 0.3 is 0 Å². The summed E-state index contributed by atoms with van der Waals surface area (Å²) in [6.45, 7) is 9.03. The highest BCUT2D eigenvalue weighted by molar-refractivity contribution is 6.17. The molecule has 1 fully saturated rings. The standard InChI is InChI=1S/C14H21ClN2/c1-10(2)13-4-5-17(9-13)14-11(3)6-12(7-15)8-16-14/h6,8,10,13H,4-5,7,9H2,1-3H3. The third kappa shape index (κ3) is 2.74. The molecular weight excluding hydrogens is 232 g/mol. The van der Waals surface area contributed by atoms with Crippen molar-refractivity contribution in [2.45, 2.75) is 33.1 Å². The van der Waals surface area contributed by atoms with Gasteiger partial charge in [-0.15, -0.1) is 11.6 Å². The number of alkyl halides is 1. The summed E-state index contributed by atoms with van der Waals surface area (Å²) < 4.78 is 0. The summed E-state index contributed by atoms with van der Waals surface area (Å²) >= 11 is 5.82. The van der Waals surface area contributed by atoms with Gasteiger partial charge in [0.25, 0.3) is 0 Å². The van der Waals surface area contributed by atoms with Gasteiger partial charge in [-0.3, -0.25) is 0 Å². The predicted octanol–water partition coefficient (Wildman–Crippen LogP) is 3.61.